The van der Waals surface area contributed by atoms with Crippen LogP contribution in [0.3, 0.4) is 0 Å². The molecule has 6 heteroatoms. The van der Waals surface area contributed by atoms with Gasteiger partial charge in [0.25, 0.3) is 0 Å². The Morgan fingerprint density at radius 3 is 2.78 bits per heavy atom. The lowest BCUT2D eigenvalue weighted by molar-refractivity contribution is 0.380. The van der Waals surface area contributed by atoms with Gasteiger partial charge in [0, 0.05) is 22.2 Å². The van der Waals surface area contributed by atoms with Gasteiger partial charge < -0.3 is 15.2 Å². The Morgan fingerprint density at radius 2 is 2.13 bits per heavy atom. The maximum absolute atomic E-state index is 14.4. The third kappa shape index (κ3) is 2.47. The fraction of sp³-hybridized carbons (Fsp3) is 0.118. The Labute approximate surface area is 137 Å². The number of benzene rings is 2. The van der Waals surface area contributed by atoms with Gasteiger partial charge >= 0.3 is 0 Å². The average molecular weight is 331 g/mol. The number of nitrogens with zero attached hydrogens (tertiary/aromatic N) is 1. The highest BCUT2D eigenvalue weighted by Gasteiger charge is 2.33. The van der Waals surface area contributed by atoms with E-state index >= 15 is 0 Å². The first-order valence-electron chi connectivity index (χ1n) is 6.76. The highest BCUT2D eigenvalue weighted by atomic mass is 35.5. The van der Waals surface area contributed by atoms with Crippen LogP contribution in [0.1, 0.15) is 17.0 Å². The second-order valence-electron chi connectivity index (χ2n) is 4.96. The maximum Gasteiger partial charge on any atom is 0.205 e. The van der Waals surface area contributed by atoms with Gasteiger partial charge in [0.1, 0.15) is 29.0 Å². The van der Waals surface area contributed by atoms with Crippen LogP contribution in [-0.4, -0.2) is 7.11 Å². The van der Waals surface area contributed by atoms with E-state index < -0.39 is 11.7 Å². The Kier molecular flexibility index (Phi) is 3.85. The molecule has 0 spiro atoms. The van der Waals surface area contributed by atoms with E-state index in [4.69, 9.17) is 26.8 Å². The number of hydrogen-bond donors (Lipinski definition) is 1. The van der Waals surface area contributed by atoms with Gasteiger partial charge in [-0.05, 0) is 18.2 Å². The van der Waals surface area contributed by atoms with Crippen LogP contribution in [0, 0.1) is 17.1 Å². The van der Waals surface area contributed by atoms with Crippen molar-refractivity contribution < 1.29 is 13.9 Å². The summed E-state index contributed by atoms with van der Waals surface area (Å²) in [6, 6.07) is 11.4. The van der Waals surface area contributed by atoms with Crippen molar-refractivity contribution in [3.8, 4) is 17.6 Å². The first-order chi connectivity index (χ1) is 11.1. The molecular formula is C17H12ClFN2O2. The summed E-state index contributed by atoms with van der Waals surface area (Å²) in [5, 5.41) is 9.66. The Hall–Kier alpha value is -2.71. The maximum atomic E-state index is 14.4. The molecule has 2 aromatic rings. The summed E-state index contributed by atoms with van der Waals surface area (Å²) in [6.45, 7) is 0. The van der Waals surface area contributed by atoms with Gasteiger partial charge in [-0.2, -0.15) is 5.26 Å². The van der Waals surface area contributed by atoms with Crippen molar-refractivity contribution in [1.82, 2.24) is 0 Å². The number of halogens is 2. The lowest BCUT2D eigenvalue weighted by Crippen LogP contribution is -2.22. The highest BCUT2D eigenvalue weighted by molar-refractivity contribution is 6.31. The third-order valence-corrected chi connectivity index (χ3v) is 4.04. The topological polar surface area (TPSA) is 68.3 Å². The molecule has 116 valence electrons. The second-order valence-corrected chi connectivity index (χ2v) is 5.37. The van der Waals surface area contributed by atoms with Crippen molar-refractivity contribution in [3.05, 3.63) is 69.8 Å². The van der Waals surface area contributed by atoms with Crippen molar-refractivity contribution in [3.63, 3.8) is 0 Å². The molecule has 4 nitrogen and oxygen atoms in total. The molecule has 2 aromatic carbocycles. The summed E-state index contributed by atoms with van der Waals surface area (Å²) in [4.78, 5) is 0. The van der Waals surface area contributed by atoms with E-state index in [0.717, 1.165) is 0 Å². The molecule has 0 amide bonds. The van der Waals surface area contributed by atoms with Gasteiger partial charge in [-0.25, -0.2) is 4.39 Å². The molecular weight excluding hydrogens is 319 g/mol. The van der Waals surface area contributed by atoms with Crippen LogP contribution in [-0.2, 0) is 0 Å². The fourth-order valence-electron chi connectivity index (χ4n) is 2.65. The van der Waals surface area contributed by atoms with Crippen LogP contribution < -0.4 is 15.2 Å². The van der Waals surface area contributed by atoms with Gasteiger partial charge in [-0.3, -0.25) is 0 Å². The molecule has 23 heavy (non-hydrogen) atoms. The first kappa shape index (κ1) is 15.2. The molecule has 0 bridgehead atoms. The van der Waals surface area contributed by atoms with Gasteiger partial charge in [-0.15, -0.1) is 0 Å². The molecule has 3 rings (SSSR count). The van der Waals surface area contributed by atoms with E-state index in [2.05, 4.69) is 0 Å². The largest absolute Gasteiger partial charge is 0.497 e. The summed E-state index contributed by atoms with van der Waals surface area (Å²) in [7, 11) is 1.52. The first-order valence-corrected chi connectivity index (χ1v) is 7.14. The average Bonchev–Trinajstić information content (AvgIpc) is 2.53. The molecule has 0 aliphatic carbocycles. The zero-order valence-corrected chi connectivity index (χ0v) is 12.9. The van der Waals surface area contributed by atoms with Crippen LogP contribution in [0.4, 0.5) is 4.39 Å². The van der Waals surface area contributed by atoms with Crippen LogP contribution in [0.25, 0.3) is 0 Å². The predicted molar refractivity (Wildman–Crippen MR) is 83.7 cm³/mol. The fourth-order valence-corrected chi connectivity index (χ4v) is 2.92. The van der Waals surface area contributed by atoms with Crippen LogP contribution >= 0.6 is 11.6 Å². The van der Waals surface area contributed by atoms with Crippen molar-refractivity contribution in [2.75, 3.05) is 7.11 Å². The van der Waals surface area contributed by atoms with Gasteiger partial charge in [-0.1, -0.05) is 23.7 Å². The molecule has 1 atom stereocenters. The van der Waals surface area contributed by atoms with Crippen molar-refractivity contribution in [1.29, 1.82) is 5.26 Å². The monoisotopic (exact) mass is 330 g/mol. The molecule has 0 aromatic heterocycles. The number of nitriles is 1. The molecule has 2 N–H and O–H groups in total. The Bertz CT molecular complexity index is 838. The summed E-state index contributed by atoms with van der Waals surface area (Å²) >= 11 is 6.18. The number of methoxy groups -OCH3 is 1. The van der Waals surface area contributed by atoms with E-state index in [1.807, 2.05) is 6.07 Å². The Balaban J connectivity index is 2.28. The zero-order valence-electron chi connectivity index (χ0n) is 12.1. The molecule has 0 saturated carbocycles. The van der Waals surface area contributed by atoms with E-state index in [1.165, 1.54) is 19.2 Å². The summed E-state index contributed by atoms with van der Waals surface area (Å²) in [5.74, 6) is -0.340. The molecule has 1 heterocycles. The van der Waals surface area contributed by atoms with E-state index in [9.17, 15) is 9.65 Å². The standard InChI is InChI=1S/C17H12ClFN2O2/c1-22-9-5-6-10-14(7-9)23-17(21)11(8-20)15(10)16-12(18)3-2-4-13(16)19/h2-7,15H,21H2,1H3/t15-/m1/s1. The minimum Gasteiger partial charge on any atom is -0.497 e. The number of fused-ring (bicyclic) bond motifs is 1. The lowest BCUT2D eigenvalue weighted by Gasteiger charge is -2.27. The van der Waals surface area contributed by atoms with Gasteiger partial charge in [0.15, 0.2) is 0 Å². The van der Waals surface area contributed by atoms with Crippen LogP contribution in [0.2, 0.25) is 5.02 Å². The van der Waals surface area contributed by atoms with E-state index in [1.54, 1.807) is 24.3 Å². The van der Waals surface area contributed by atoms with Crippen molar-refractivity contribution in [2.24, 2.45) is 5.73 Å². The number of hydrogen-bond acceptors (Lipinski definition) is 4. The van der Waals surface area contributed by atoms with E-state index in [0.29, 0.717) is 17.1 Å². The minimum atomic E-state index is -0.733. The van der Waals surface area contributed by atoms with Crippen molar-refractivity contribution >= 4 is 11.6 Å². The van der Waals surface area contributed by atoms with E-state index in [-0.39, 0.29) is 22.0 Å². The highest BCUT2D eigenvalue weighted by Crippen LogP contribution is 2.45. The molecule has 0 unspecified atom stereocenters. The molecule has 1 aliphatic rings. The number of rotatable bonds is 2. The Morgan fingerprint density at radius 1 is 1.35 bits per heavy atom. The number of nitrogens with two attached hydrogens (primary N) is 1. The van der Waals surface area contributed by atoms with Crippen molar-refractivity contribution in [2.45, 2.75) is 5.92 Å². The lowest BCUT2D eigenvalue weighted by atomic mass is 9.83. The quantitative estimate of drug-likeness (QED) is 0.911. The van der Waals surface area contributed by atoms with Gasteiger partial charge in [0.05, 0.1) is 13.0 Å². The summed E-state index contributed by atoms with van der Waals surface area (Å²) < 4.78 is 25.0. The zero-order chi connectivity index (χ0) is 16.6. The third-order valence-electron chi connectivity index (χ3n) is 3.71. The second kappa shape index (κ2) is 5.82. The minimum absolute atomic E-state index is 0.0717. The smallest absolute Gasteiger partial charge is 0.205 e. The predicted octanol–water partition coefficient (Wildman–Crippen LogP) is 3.71. The molecule has 0 radical (unpaired) electrons. The summed E-state index contributed by atoms with van der Waals surface area (Å²) in [6.07, 6.45) is 0. The molecule has 1 aliphatic heterocycles. The normalized spacial score (nSPS) is 16.3. The SMILES string of the molecule is COc1ccc2c(c1)OC(N)=C(C#N)[C@@H]2c1c(F)cccc1Cl. The summed E-state index contributed by atoms with van der Waals surface area (Å²) in [5.41, 5.74) is 6.77. The van der Waals surface area contributed by atoms with Crippen LogP contribution in [0.15, 0.2) is 47.9 Å². The number of allylic oxidation sites excluding steroid dienone is 1. The number of ether oxygens (including phenoxy) is 2. The van der Waals surface area contributed by atoms with Gasteiger partial charge in [0.2, 0.25) is 5.88 Å². The molecule has 0 saturated heterocycles. The van der Waals surface area contributed by atoms with Crippen LogP contribution in [0.5, 0.6) is 11.5 Å². The molecule has 0 fully saturated rings.